The molecule has 1 aromatic heterocycles. The summed E-state index contributed by atoms with van der Waals surface area (Å²) < 4.78 is 38.8. The van der Waals surface area contributed by atoms with Crippen molar-refractivity contribution < 1.29 is 18.0 Å². The lowest BCUT2D eigenvalue weighted by Gasteiger charge is -2.31. The van der Waals surface area contributed by atoms with E-state index in [-0.39, 0.29) is 12.2 Å². The molecule has 0 radical (unpaired) electrons. The highest BCUT2D eigenvalue weighted by molar-refractivity contribution is 5.98. The smallest absolute Gasteiger partial charge is 0.366 e. The molecule has 0 N–H and O–H groups in total. The minimum atomic E-state index is -4.43. The Balaban J connectivity index is 1.56. The quantitative estimate of drug-likeness (QED) is 0.579. The maximum atomic E-state index is 12.9. The summed E-state index contributed by atoms with van der Waals surface area (Å²) in [6.07, 6.45) is -0.355. The summed E-state index contributed by atoms with van der Waals surface area (Å²) in [6, 6.07) is 10.4. The van der Waals surface area contributed by atoms with Crippen LogP contribution >= 0.6 is 0 Å². The average Bonchev–Trinajstić information content (AvgIpc) is 2.73. The van der Waals surface area contributed by atoms with Gasteiger partial charge in [-0.3, -0.25) is 4.79 Å². The van der Waals surface area contributed by atoms with Gasteiger partial charge in [0.15, 0.2) is 5.78 Å². The van der Waals surface area contributed by atoms with Crippen LogP contribution in [0.4, 0.5) is 18.9 Å². The van der Waals surface area contributed by atoms with Gasteiger partial charge in [0.05, 0.1) is 11.3 Å². The predicted octanol–water partition coefficient (Wildman–Crippen LogP) is 4.79. The molecular weight excluding hydrogens is 391 g/mol. The normalized spacial score (nSPS) is 13.8. The highest BCUT2D eigenvalue weighted by Gasteiger charge is 2.30. The van der Waals surface area contributed by atoms with Gasteiger partial charge in [-0.15, -0.1) is 0 Å². The summed E-state index contributed by atoms with van der Waals surface area (Å²) in [5.41, 5.74) is 4.17. The molecule has 0 amide bonds. The molecule has 2 heterocycles. The first-order valence-electron chi connectivity index (χ1n) is 9.64. The lowest BCUT2D eigenvalue weighted by atomic mass is 9.98. The summed E-state index contributed by atoms with van der Waals surface area (Å²) in [6.45, 7) is 3.41. The zero-order valence-electron chi connectivity index (χ0n) is 16.4. The molecule has 3 aromatic rings. The predicted molar refractivity (Wildman–Crippen MR) is 107 cm³/mol. The topological polar surface area (TPSA) is 46.1 Å². The van der Waals surface area contributed by atoms with Gasteiger partial charge in [0.25, 0.3) is 0 Å². The highest BCUT2D eigenvalue weighted by atomic mass is 19.4. The number of hydrogen-bond acceptors (Lipinski definition) is 4. The van der Waals surface area contributed by atoms with Crippen molar-refractivity contribution in [3.63, 3.8) is 0 Å². The van der Waals surface area contributed by atoms with E-state index in [1.165, 1.54) is 6.07 Å². The number of Topliss-reactive ketones (excluding diaryl/α,β-unsaturated/α-hetero) is 1. The fraction of sp³-hybridized carbons (Fsp3) is 0.261. The van der Waals surface area contributed by atoms with Crippen molar-refractivity contribution >= 4 is 11.5 Å². The zero-order valence-corrected chi connectivity index (χ0v) is 16.4. The minimum Gasteiger partial charge on any atom is -0.366 e. The zero-order chi connectivity index (χ0) is 21.3. The van der Waals surface area contributed by atoms with Gasteiger partial charge in [-0.25, -0.2) is 9.97 Å². The van der Waals surface area contributed by atoms with E-state index in [1.54, 1.807) is 18.5 Å². The first kappa shape index (κ1) is 20.1. The molecule has 0 fully saturated rings. The third-order valence-electron chi connectivity index (χ3n) is 5.35. The van der Waals surface area contributed by atoms with Crippen LogP contribution in [0.2, 0.25) is 0 Å². The van der Waals surface area contributed by atoms with Gasteiger partial charge >= 0.3 is 6.18 Å². The van der Waals surface area contributed by atoms with Crippen LogP contribution < -0.4 is 4.90 Å². The van der Waals surface area contributed by atoms with Gasteiger partial charge in [0.1, 0.15) is 6.33 Å². The number of aryl methyl sites for hydroxylation is 1. The fourth-order valence-corrected chi connectivity index (χ4v) is 3.74. The number of ketones is 1. The standard InChI is InChI=1S/C23H20F3N3O/c1-15-5-6-17(22(30)10-16-3-2-4-19(9-16)23(24,25)26)11-21(15)29-8-7-20-18(13-29)12-27-14-28-20/h2-6,9,11-12,14H,7-8,10,13H2,1H3. The van der Waals surface area contributed by atoms with Crippen LogP contribution in [0.3, 0.4) is 0 Å². The monoisotopic (exact) mass is 411 g/mol. The maximum Gasteiger partial charge on any atom is 0.416 e. The van der Waals surface area contributed by atoms with Crippen LogP contribution in [-0.2, 0) is 25.6 Å². The molecule has 0 saturated heterocycles. The average molecular weight is 411 g/mol. The van der Waals surface area contributed by atoms with E-state index in [4.69, 9.17) is 0 Å². The van der Waals surface area contributed by atoms with Crippen molar-refractivity contribution in [3.05, 3.63) is 88.5 Å². The maximum absolute atomic E-state index is 12.9. The molecule has 0 spiro atoms. The van der Waals surface area contributed by atoms with Crippen molar-refractivity contribution in [1.29, 1.82) is 0 Å². The Labute approximate surface area is 172 Å². The number of nitrogens with zero attached hydrogens (tertiary/aromatic N) is 3. The van der Waals surface area contributed by atoms with E-state index in [1.807, 2.05) is 25.3 Å². The van der Waals surface area contributed by atoms with Gasteiger partial charge in [-0.1, -0.05) is 30.3 Å². The Morgan fingerprint density at radius 1 is 1.17 bits per heavy atom. The Hall–Kier alpha value is -3.22. The summed E-state index contributed by atoms with van der Waals surface area (Å²) in [7, 11) is 0. The number of carbonyl (C=O) groups excluding carboxylic acids is 1. The Morgan fingerprint density at radius 3 is 2.80 bits per heavy atom. The number of fused-ring (bicyclic) bond motifs is 1. The second kappa shape index (κ2) is 7.89. The first-order chi connectivity index (χ1) is 14.3. The molecule has 0 atom stereocenters. The third kappa shape index (κ3) is 4.20. The summed E-state index contributed by atoms with van der Waals surface area (Å²) in [5.74, 6) is -0.212. The second-order valence-corrected chi connectivity index (χ2v) is 7.47. The number of halogens is 3. The van der Waals surface area contributed by atoms with Gasteiger partial charge in [-0.05, 0) is 30.2 Å². The summed E-state index contributed by atoms with van der Waals surface area (Å²) in [4.78, 5) is 23.4. The van der Waals surface area contributed by atoms with Crippen LogP contribution in [0.15, 0.2) is 55.0 Å². The van der Waals surface area contributed by atoms with E-state index in [0.717, 1.165) is 47.6 Å². The molecular formula is C23H20F3N3O. The lowest BCUT2D eigenvalue weighted by Crippen LogP contribution is -2.31. The van der Waals surface area contributed by atoms with Crippen LogP contribution in [0.1, 0.15) is 38.3 Å². The summed E-state index contributed by atoms with van der Waals surface area (Å²) >= 11 is 0. The first-order valence-corrected chi connectivity index (χ1v) is 9.64. The van der Waals surface area contributed by atoms with Crippen LogP contribution in [0.25, 0.3) is 0 Å². The highest BCUT2D eigenvalue weighted by Crippen LogP contribution is 2.30. The SMILES string of the molecule is Cc1ccc(C(=O)Cc2cccc(C(F)(F)F)c2)cc1N1CCc2ncncc2C1. The van der Waals surface area contributed by atoms with Crippen molar-refractivity contribution in [2.24, 2.45) is 0 Å². The van der Waals surface area contributed by atoms with Crippen molar-refractivity contribution in [1.82, 2.24) is 9.97 Å². The van der Waals surface area contributed by atoms with Gasteiger partial charge in [0.2, 0.25) is 0 Å². The Morgan fingerprint density at radius 2 is 2.00 bits per heavy atom. The Bertz CT molecular complexity index is 1100. The van der Waals surface area contributed by atoms with Crippen LogP contribution in [-0.4, -0.2) is 22.3 Å². The molecule has 0 aliphatic carbocycles. The summed E-state index contributed by atoms with van der Waals surface area (Å²) in [5, 5.41) is 0. The number of benzene rings is 2. The molecule has 4 rings (SSSR count). The number of carbonyl (C=O) groups is 1. The fourth-order valence-electron chi connectivity index (χ4n) is 3.74. The van der Waals surface area contributed by atoms with Crippen molar-refractivity contribution in [2.75, 3.05) is 11.4 Å². The van der Waals surface area contributed by atoms with E-state index in [2.05, 4.69) is 14.9 Å². The van der Waals surface area contributed by atoms with Gasteiger partial charge in [-0.2, -0.15) is 13.2 Å². The number of alkyl halides is 3. The molecule has 4 nitrogen and oxygen atoms in total. The number of aromatic nitrogens is 2. The van der Waals surface area contributed by atoms with Gasteiger partial charge < -0.3 is 4.90 Å². The number of rotatable bonds is 4. The van der Waals surface area contributed by atoms with Crippen LogP contribution in [0, 0.1) is 6.92 Å². The van der Waals surface area contributed by atoms with Crippen molar-refractivity contribution in [2.45, 2.75) is 32.5 Å². The minimum absolute atomic E-state index is 0.0803. The lowest BCUT2D eigenvalue weighted by molar-refractivity contribution is -0.137. The largest absolute Gasteiger partial charge is 0.416 e. The third-order valence-corrected chi connectivity index (χ3v) is 5.35. The molecule has 0 unspecified atom stereocenters. The van der Waals surface area contributed by atoms with E-state index >= 15 is 0 Å². The molecule has 2 aromatic carbocycles. The molecule has 7 heteroatoms. The van der Waals surface area contributed by atoms with Crippen LogP contribution in [0.5, 0.6) is 0 Å². The van der Waals surface area contributed by atoms with Crippen molar-refractivity contribution in [3.8, 4) is 0 Å². The molecule has 154 valence electrons. The van der Waals surface area contributed by atoms with Gasteiger partial charge in [0, 0.05) is 48.9 Å². The molecule has 0 bridgehead atoms. The van der Waals surface area contributed by atoms with E-state index < -0.39 is 11.7 Å². The number of anilines is 1. The molecule has 0 saturated carbocycles. The van der Waals surface area contributed by atoms with E-state index in [0.29, 0.717) is 17.7 Å². The molecule has 1 aliphatic heterocycles. The molecule has 30 heavy (non-hydrogen) atoms. The number of hydrogen-bond donors (Lipinski definition) is 0. The molecule has 1 aliphatic rings. The second-order valence-electron chi connectivity index (χ2n) is 7.47. The van der Waals surface area contributed by atoms with E-state index in [9.17, 15) is 18.0 Å². The Kier molecular flexibility index (Phi) is 5.28.